The molecule has 19 heavy (non-hydrogen) atoms. The molecule has 6 heteroatoms. The van der Waals surface area contributed by atoms with Crippen LogP contribution in [0.1, 0.15) is 21.6 Å². The molecule has 0 atom stereocenters. The summed E-state index contributed by atoms with van der Waals surface area (Å²) in [6, 6.07) is 4.53. The maximum Gasteiger partial charge on any atom is 0.336 e. The average molecular weight is 262 g/mol. The Morgan fingerprint density at radius 3 is 2.74 bits per heavy atom. The summed E-state index contributed by atoms with van der Waals surface area (Å²) in [4.78, 5) is 18.4. The van der Waals surface area contributed by atoms with E-state index in [1.165, 1.54) is 25.4 Å². The minimum atomic E-state index is -1.07. The van der Waals surface area contributed by atoms with Crippen LogP contribution < -0.4 is 4.74 Å². The van der Waals surface area contributed by atoms with Crippen LogP contribution in [-0.2, 0) is 0 Å². The van der Waals surface area contributed by atoms with Crippen molar-refractivity contribution in [3.63, 3.8) is 0 Å². The molecule has 2 rings (SSSR count). The number of halogens is 1. The Morgan fingerprint density at radius 2 is 2.05 bits per heavy atom. The first-order valence-corrected chi connectivity index (χ1v) is 5.48. The number of aromatic carboxylic acids is 1. The Kier molecular flexibility index (Phi) is 3.41. The van der Waals surface area contributed by atoms with Crippen molar-refractivity contribution in [2.45, 2.75) is 13.8 Å². The summed E-state index contributed by atoms with van der Waals surface area (Å²) in [6.07, 6.45) is 1.18. The van der Waals surface area contributed by atoms with Crippen LogP contribution in [0.3, 0.4) is 0 Å². The number of carbonyl (C=O) groups is 1. The molecule has 1 N–H and O–H groups in total. The molecule has 1 aromatic carbocycles. The van der Waals surface area contributed by atoms with Crippen molar-refractivity contribution < 1.29 is 19.0 Å². The lowest BCUT2D eigenvalue weighted by molar-refractivity contribution is 0.0695. The molecule has 0 unspecified atom stereocenters. The van der Waals surface area contributed by atoms with Crippen LogP contribution in [-0.4, -0.2) is 21.0 Å². The fourth-order valence-corrected chi connectivity index (χ4v) is 1.57. The standard InChI is InChI=1S/C13H11FN2O3/c1-7-9(13(17)18)4-3-5-10(7)19-12-11(14)8(2)15-6-16-12/h3-6H,1-2H3,(H,17,18). The number of hydrogen-bond donors (Lipinski definition) is 1. The number of aryl methyl sites for hydroxylation is 1. The third kappa shape index (κ3) is 2.52. The second-order valence-electron chi connectivity index (χ2n) is 3.91. The number of aromatic nitrogens is 2. The van der Waals surface area contributed by atoms with Gasteiger partial charge in [0, 0.05) is 5.56 Å². The van der Waals surface area contributed by atoms with E-state index in [4.69, 9.17) is 9.84 Å². The molecule has 0 spiro atoms. The molecule has 0 bridgehead atoms. The average Bonchev–Trinajstić information content (AvgIpc) is 2.37. The fraction of sp³-hybridized carbons (Fsp3) is 0.154. The van der Waals surface area contributed by atoms with Crippen LogP contribution in [0.15, 0.2) is 24.5 Å². The highest BCUT2D eigenvalue weighted by Gasteiger charge is 2.15. The molecule has 98 valence electrons. The molecule has 1 heterocycles. The Labute approximate surface area is 108 Å². The molecule has 0 fully saturated rings. The number of carboxylic acids is 1. The normalized spacial score (nSPS) is 10.3. The highest BCUT2D eigenvalue weighted by atomic mass is 19.1. The number of hydrogen-bond acceptors (Lipinski definition) is 4. The highest BCUT2D eigenvalue weighted by molar-refractivity contribution is 5.90. The van der Waals surface area contributed by atoms with Crippen LogP contribution in [0.2, 0.25) is 0 Å². The maximum atomic E-state index is 13.7. The lowest BCUT2D eigenvalue weighted by Crippen LogP contribution is -2.02. The van der Waals surface area contributed by atoms with Crippen LogP contribution in [0.25, 0.3) is 0 Å². The van der Waals surface area contributed by atoms with Crippen molar-refractivity contribution in [1.29, 1.82) is 0 Å². The summed E-state index contributed by atoms with van der Waals surface area (Å²) in [7, 11) is 0. The number of ether oxygens (including phenoxy) is 1. The van der Waals surface area contributed by atoms with Crippen LogP contribution in [0.5, 0.6) is 11.6 Å². The summed E-state index contributed by atoms with van der Waals surface area (Å²) >= 11 is 0. The van der Waals surface area contributed by atoms with Gasteiger partial charge in [-0.2, -0.15) is 9.37 Å². The smallest absolute Gasteiger partial charge is 0.336 e. The number of nitrogens with zero attached hydrogens (tertiary/aromatic N) is 2. The van der Waals surface area contributed by atoms with Gasteiger partial charge in [-0.15, -0.1) is 0 Å². The van der Waals surface area contributed by atoms with E-state index in [1.807, 2.05) is 0 Å². The predicted octanol–water partition coefficient (Wildman–Crippen LogP) is 2.72. The van der Waals surface area contributed by atoms with E-state index in [-0.39, 0.29) is 22.9 Å². The van der Waals surface area contributed by atoms with Crippen LogP contribution in [0, 0.1) is 19.7 Å². The number of rotatable bonds is 3. The molecule has 0 aliphatic rings. The first kappa shape index (κ1) is 12.9. The zero-order chi connectivity index (χ0) is 14.0. The number of carboxylic acid groups (broad SMARTS) is 1. The molecular formula is C13H11FN2O3. The van der Waals surface area contributed by atoms with Gasteiger partial charge in [0.05, 0.1) is 11.3 Å². The maximum absolute atomic E-state index is 13.7. The van der Waals surface area contributed by atoms with Crippen molar-refractivity contribution in [2.75, 3.05) is 0 Å². The minimum absolute atomic E-state index is 0.101. The molecule has 0 aliphatic carbocycles. The van der Waals surface area contributed by atoms with E-state index in [9.17, 15) is 9.18 Å². The van der Waals surface area contributed by atoms with Gasteiger partial charge in [0.1, 0.15) is 12.1 Å². The number of benzene rings is 1. The molecule has 2 aromatic rings. The first-order chi connectivity index (χ1) is 9.00. The Hall–Kier alpha value is -2.50. The Bertz CT molecular complexity index is 644. The van der Waals surface area contributed by atoms with Gasteiger partial charge >= 0.3 is 5.97 Å². The summed E-state index contributed by atoms with van der Waals surface area (Å²) in [6.45, 7) is 3.08. The van der Waals surface area contributed by atoms with E-state index in [0.717, 1.165) is 0 Å². The van der Waals surface area contributed by atoms with Gasteiger partial charge in [0.25, 0.3) is 5.88 Å². The van der Waals surface area contributed by atoms with Gasteiger partial charge in [0.2, 0.25) is 5.82 Å². The molecule has 1 aromatic heterocycles. The van der Waals surface area contributed by atoms with Gasteiger partial charge < -0.3 is 9.84 Å². The molecule has 0 aliphatic heterocycles. The summed E-state index contributed by atoms with van der Waals surface area (Å²) in [5, 5.41) is 9.00. The molecule has 0 amide bonds. The van der Waals surface area contributed by atoms with Gasteiger partial charge in [-0.3, -0.25) is 0 Å². The predicted molar refractivity (Wildman–Crippen MR) is 64.9 cm³/mol. The second kappa shape index (κ2) is 5.01. The quantitative estimate of drug-likeness (QED) is 0.920. The van der Waals surface area contributed by atoms with E-state index in [2.05, 4.69) is 9.97 Å². The van der Waals surface area contributed by atoms with Crippen LogP contribution >= 0.6 is 0 Å². The zero-order valence-corrected chi connectivity index (χ0v) is 10.3. The van der Waals surface area contributed by atoms with E-state index in [1.54, 1.807) is 13.0 Å². The van der Waals surface area contributed by atoms with E-state index in [0.29, 0.717) is 5.56 Å². The first-order valence-electron chi connectivity index (χ1n) is 5.48. The highest BCUT2D eigenvalue weighted by Crippen LogP contribution is 2.27. The SMILES string of the molecule is Cc1ncnc(Oc2cccc(C(=O)O)c2C)c1F. The van der Waals surface area contributed by atoms with Gasteiger partial charge in [-0.25, -0.2) is 9.78 Å². The second-order valence-corrected chi connectivity index (χ2v) is 3.91. The van der Waals surface area contributed by atoms with E-state index >= 15 is 0 Å². The van der Waals surface area contributed by atoms with Crippen molar-refractivity contribution >= 4 is 5.97 Å². The molecule has 0 saturated carbocycles. The Morgan fingerprint density at radius 1 is 1.32 bits per heavy atom. The van der Waals surface area contributed by atoms with Crippen molar-refractivity contribution in [3.8, 4) is 11.6 Å². The summed E-state index contributed by atoms with van der Waals surface area (Å²) in [5.74, 6) is -1.71. The lowest BCUT2D eigenvalue weighted by Gasteiger charge is -2.10. The fourth-order valence-electron chi connectivity index (χ4n) is 1.57. The van der Waals surface area contributed by atoms with Gasteiger partial charge in [0.15, 0.2) is 0 Å². The van der Waals surface area contributed by atoms with Crippen molar-refractivity contribution in [3.05, 3.63) is 47.2 Å². The van der Waals surface area contributed by atoms with Gasteiger partial charge in [-0.05, 0) is 26.0 Å². The largest absolute Gasteiger partial charge is 0.478 e. The molecular weight excluding hydrogens is 251 g/mol. The van der Waals surface area contributed by atoms with Crippen molar-refractivity contribution in [2.24, 2.45) is 0 Å². The lowest BCUT2D eigenvalue weighted by atomic mass is 10.1. The third-order valence-corrected chi connectivity index (χ3v) is 2.65. The topological polar surface area (TPSA) is 72.3 Å². The zero-order valence-electron chi connectivity index (χ0n) is 10.3. The monoisotopic (exact) mass is 262 g/mol. The van der Waals surface area contributed by atoms with Crippen molar-refractivity contribution in [1.82, 2.24) is 9.97 Å². The van der Waals surface area contributed by atoms with Gasteiger partial charge in [-0.1, -0.05) is 6.07 Å². The van der Waals surface area contributed by atoms with Crippen LogP contribution in [0.4, 0.5) is 4.39 Å². The summed E-state index contributed by atoms with van der Waals surface area (Å²) < 4.78 is 19.0. The Balaban J connectivity index is 2.42. The third-order valence-electron chi connectivity index (χ3n) is 2.65. The molecule has 0 saturated heterocycles. The summed E-state index contributed by atoms with van der Waals surface area (Å²) in [5.41, 5.74) is 0.673. The molecule has 5 nitrogen and oxygen atoms in total. The van der Waals surface area contributed by atoms with E-state index < -0.39 is 11.8 Å². The molecule has 0 radical (unpaired) electrons. The minimum Gasteiger partial charge on any atom is -0.478 e.